The molecule has 0 radical (unpaired) electrons. The molecular weight excluding hydrogens is 274 g/mol. The number of likely N-dealkylation sites (tertiary alicyclic amines) is 1. The van der Waals surface area contributed by atoms with Crippen molar-refractivity contribution >= 4 is 15.7 Å². The Labute approximate surface area is 121 Å². The Kier molecular flexibility index (Phi) is 5.01. The van der Waals surface area contributed by atoms with Crippen LogP contribution in [0.1, 0.15) is 12.8 Å². The average molecular weight is 297 g/mol. The van der Waals surface area contributed by atoms with Crippen molar-refractivity contribution in [3.05, 3.63) is 24.3 Å². The summed E-state index contributed by atoms with van der Waals surface area (Å²) in [5.74, 6) is 0.394. The smallest absolute Gasteiger partial charge is 0.242 e. The molecule has 1 atom stereocenters. The van der Waals surface area contributed by atoms with E-state index in [0.29, 0.717) is 23.0 Å². The number of anilines is 1. The first-order valence-corrected chi connectivity index (χ1v) is 8.46. The molecule has 5 nitrogen and oxygen atoms in total. The number of benzene rings is 1. The zero-order valence-electron chi connectivity index (χ0n) is 12.1. The van der Waals surface area contributed by atoms with Crippen molar-refractivity contribution in [1.82, 2.24) is 9.62 Å². The summed E-state index contributed by atoms with van der Waals surface area (Å²) in [6.45, 7) is 2.56. The van der Waals surface area contributed by atoms with Crippen LogP contribution in [-0.4, -0.2) is 47.0 Å². The minimum absolute atomic E-state index is 0.312. The molecule has 112 valence electrons. The zero-order valence-corrected chi connectivity index (χ0v) is 12.9. The predicted octanol–water partition coefficient (Wildman–Crippen LogP) is 1.35. The minimum atomic E-state index is -3.45. The van der Waals surface area contributed by atoms with Gasteiger partial charge in [-0.25, -0.2) is 13.1 Å². The third-order valence-electron chi connectivity index (χ3n) is 3.73. The minimum Gasteiger partial charge on any atom is -0.387 e. The Balaban J connectivity index is 2.04. The van der Waals surface area contributed by atoms with Gasteiger partial charge in [0.1, 0.15) is 4.90 Å². The highest BCUT2D eigenvalue weighted by molar-refractivity contribution is 7.89. The summed E-state index contributed by atoms with van der Waals surface area (Å²) >= 11 is 0. The van der Waals surface area contributed by atoms with E-state index in [1.54, 1.807) is 25.2 Å². The maximum absolute atomic E-state index is 12.4. The third-order valence-corrected chi connectivity index (χ3v) is 5.21. The number of sulfonamides is 1. The van der Waals surface area contributed by atoms with Gasteiger partial charge in [-0.2, -0.15) is 0 Å². The largest absolute Gasteiger partial charge is 0.387 e. The van der Waals surface area contributed by atoms with E-state index >= 15 is 0 Å². The van der Waals surface area contributed by atoms with Crippen molar-refractivity contribution in [2.45, 2.75) is 17.7 Å². The second kappa shape index (κ2) is 6.56. The number of hydrogen-bond donors (Lipinski definition) is 2. The van der Waals surface area contributed by atoms with E-state index in [4.69, 9.17) is 0 Å². The molecule has 0 saturated carbocycles. The lowest BCUT2D eigenvalue weighted by Crippen LogP contribution is -2.39. The lowest BCUT2D eigenvalue weighted by atomic mass is 9.99. The molecule has 2 N–H and O–H groups in total. The maximum Gasteiger partial charge on any atom is 0.242 e. The van der Waals surface area contributed by atoms with Crippen LogP contribution in [0, 0.1) is 5.92 Å². The van der Waals surface area contributed by atoms with Crippen LogP contribution in [0.25, 0.3) is 0 Å². The number of rotatable bonds is 5. The van der Waals surface area contributed by atoms with Crippen LogP contribution in [-0.2, 0) is 10.0 Å². The van der Waals surface area contributed by atoms with E-state index in [1.165, 1.54) is 0 Å². The quantitative estimate of drug-likeness (QED) is 0.861. The molecule has 1 aliphatic heterocycles. The molecular formula is C14H23N3O2S. The Bertz CT molecular complexity index is 545. The fourth-order valence-electron chi connectivity index (χ4n) is 2.65. The van der Waals surface area contributed by atoms with Crippen LogP contribution in [0.4, 0.5) is 5.69 Å². The summed E-state index contributed by atoms with van der Waals surface area (Å²) in [6, 6.07) is 6.95. The van der Waals surface area contributed by atoms with Crippen LogP contribution in [0.2, 0.25) is 0 Å². The lowest BCUT2D eigenvalue weighted by molar-refractivity contribution is 0.211. The van der Waals surface area contributed by atoms with Gasteiger partial charge in [0.2, 0.25) is 10.0 Å². The summed E-state index contributed by atoms with van der Waals surface area (Å²) in [6.07, 6.45) is 2.22. The summed E-state index contributed by atoms with van der Waals surface area (Å²) in [5, 5.41) is 2.92. The topological polar surface area (TPSA) is 61.4 Å². The van der Waals surface area contributed by atoms with E-state index in [2.05, 4.69) is 22.0 Å². The average Bonchev–Trinajstić information content (AvgIpc) is 2.45. The highest BCUT2D eigenvalue weighted by atomic mass is 32.2. The summed E-state index contributed by atoms with van der Waals surface area (Å²) in [7, 11) is 0.356. The van der Waals surface area contributed by atoms with Gasteiger partial charge in [-0.05, 0) is 44.5 Å². The summed E-state index contributed by atoms with van der Waals surface area (Å²) < 4.78 is 27.5. The van der Waals surface area contributed by atoms with Gasteiger partial charge >= 0.3 is 0 Å². The van der Waals surface area contributed by atoms with Crippen LogP contribution in [0.5, 0.6) is 0 Å². The fourth-order valence-corrected chi connectivity index (χ4v) is 3.98. The second-order valence-electron chi connectivity index (χ2n) is 5.37. The van der Waals surface area contributed by atoms with Crippen molar-refractivity contribution in [1.29, 1.82) is 0 Å². The first-order valence-electron chi connectivity index (χ1n) is 6.98. The molecule has 1 aliphatic rings. The van der Waals surface area contributed by atoms with Gasteiger partial charge < -0.3 is 10.2 Å². The molecule has 1 saturated heterocycles. The van der Waals surface area contributed by atoms with Gasteiger partial charge in [0.25, 0.3) is 0 Å². The van der Waals surface area contributed by atoms with E-state index in [0.717, 1.165) is 25.9 Å². The van der Waals surface area contributed by atoms with E-state index in [1.807, 2.05) is 6.07 Å². The number of hydrogen-bond acceptors (Lipinski definition) is 4. The highest BCUT2D eigenvalue weighted by Crippen LogP contribution is 2.21. The number of para-hydroxylation sites is 1. The normalized spacial score (nSPS) is 20.8. The van der Waals surface area contributed by atoms with E-state index in [-0.39, 0.29) is 0 Å². The number of nitrogens with one attached hydrogen (secondary N) is 2. The monoisotopic (exact) mass is 297 g/mol. The Morgan fingerprint density at radius 1 is 1.35 bits per heavy atom. The maximum atomic E-state index is 12.4. The first kappa shape index (κ1) is 15.3. The van der Waals surface area contributed by atoms with Crippen molar-refractivity contribution in [3.8, 4) is 0 Å². The highest BCUT2D eigenvalue weighted by Gasteiger charge is 2.22. The molecule has 0 bridgehead atoms. The molecule has 0 spiro atoms. The number of nitrogens with zero attached hydrogens (tertiary/aromatic N) is 1. The standard InChI is InChI=1S/C14H23N3O2S/c1-15-13-7-3-4-8-14(13)20(18,19)16-10-12-6-5-9-17(2)11-12/h3-4,7-8,12,15-16H,5-6,9-11H2,1-2H3. The van der Waals surface area contributed by atoms with Gasteiger partial charge in [-0.15, -0.1) is 0 Å². The molecule has 1 aromatic rings. The lowest BCUT2D eigenvalue weighted by Gasteiger charge is -2.29. The van der Waals surface area contributed by atoms with Crippen LogP contribution in [0.15, 0.2) is 29.2 Å². The molecule has 0 amide bonds. The molecule has 0 aromatic heterocycles. The molecule has 6 heteroatoms. The van der Waals surface area contributed by atoms with Crippen molar-refractivity contribution in [3.63, 3.8) is 0 Å². The van der Waals surface area contributed by atoms with Crippen molar-refractivity contribution in [2.24, 2.45) is 5.92 Å². The Morgan fingerprint density at radius 2 is 2.10 bits per heavy atom. The van der Waals surface area contributed by atoms with Gasteiger partial charge in [-0.3, -0.25) is 0 Å². The molecule has 0 aliphatic carbocycles. The summed E-state index contributed by atoms with van der Waals surface area (Å²) in [4.78, 5) is 2.57. The van der Waals surface area contributed by atoms with Crippen LogP contribution < -0.4 is 10.0 Å². The molecule has 2 rings (SSSR count). The Morgan fingerprint density at radius 3 is 2.80 bits per heavy atom. The first-order chi connectivity index (χ1) is 9.53. The van der Waals surface area contributed by atoms with Gasteiger partial charge in [0.05, 0.1) is 5.69 Å². The molecule has 1 fully saturated rings. The summed E-state index contributed by atoms with van der Waals surface area (Å²) in [5.41, 5.74) is 0.626. The van der Waals surface area contributed by atoms with Crippen LogP contribution in [0.3, 0.4) is 0 Å². The molecule has 20 heavy (non-hydrogen) atoms. The molecule has 1 heterocycles. The third kappa shape index (κ3) is 3.71. The fraction of sp³-hybridized carbons (Fsp3) is 0.571. The van der Waals surface area contributed by atoms with Crippen molar-refractivity contribution < 1.29 is 8.42 Å². The second-order valence-corrected chi connectivity index (χ2v) is 7.10. The zero-order chi connectivity index (χ0) is 14.6. The Hall–Kier alpha value is -1.11. The van der Waals surface area contributed by atoms with Gasteiger partial charge in [-0.1, -0.05) is 12.1 Å². The molecule has 1 aromatic carbocycles. The van der Waals surface area contributed by atoms with E-state index < -0.39 is 10.0 Å². The van der Waals surface area contributed by atoms with E-state index in [9.17, 15) is 8.42 Å². The van der Waals surface area contributed by atoms with Gasteiger partial charge in [0.15, 0.2) is 0 Å². The van der Waals surface area contributed by atoms with Crippen molar-refractivity contribution in [2.75, 3.05) is 39.0 Å². The molecule has 1 unspecified atom stereocenters. The van der Waals surface area contributed by atoms with Crippen LogP contribution >= 0.6 is 0 Å². The number of piperidine rings is 1. The van der Waals surface area contributed by atoms with Gasteiger partial charge in [0, 0.05) is 20.1 Å². The predicted molar refractivity (Wildman–Crippen MR) is 81.4 cm³/mol. The SMILES string of the molecule is CNc1ccccc1S(=O)(=O)NCC1CCCN(C)C1.